The van der Waals surface area contributed by atoms with Crippen molar-refractivity contribution in [1.29, 1.82) is 0 Å². The Morgan fingerprint density at radius 3 is 2.80 bits per heavy atom. The van der Waals surface area contributed by atoms with Crippen LogP contribution < -0.4 is 26.4 Å². The number of fused-ring (bicyclic) bond motifs is 1. The van der Waals surface area contributed by atoms with E-state index < -0.39 is 0 Å². The number of hydrogen-bond acceptors (Lipinski definition) is 8. The SMILES string of the molecule is CNNc1nc(N2CCOCC2)c2[nH]c(C(=O)NC3CNC3)cc2n1. The number of aromatic nitrogens is 3. The molecule has 0 unspecified atom stereocenters. The van der Waals surface area contributed by atoms with E-state index in [4.69, 9.17) is 4.74 Å². The van der Waals surface area contributed by atoms with Gasteiger partial charge in [-0.25, -0.2) is 10.4 Å². The molecule has 10 heteroatoms. The standard InChI is InChI=1S/C15H22N8O2/c1-16-22-15-20-10-6-11(14(24)18-9-7-17-8-9)19-12(10)13(21-15)23-2-4-25-5-3-23/h6,9,16-17,19H,2-5,7-8H2,1H3,(H,18,24)(H,20,21,22). The highest BCUT2D eigenvalue weighted by Crippen LogP contribution is 2.26. The highest BCUT2D eigenvalue weighted by molar-refractivity contribution is 6.00. The summed E-state index contributed by atoms with van der Waals surface area (Å²) in [5.74, 6) is 1.11. The number of rotatable bonds is 5. The number of carbonyl (C=O) groups is 1. The lowest BCUT2D eigenvalue weighted by atomic mass is 10.2. The third-order valence-corrected chi connectivity index (χ3v) is 4.37. The minimum atomic E-state index is -0.124. The number of hydrogen-bond donors (Lipinski definition) is 5. The molecule has 2 fully saturated rings. The third-order valence-electron chi connectivity index (χ3n) is 4.37. The van der Waals surface area contributed by atoms with Crippen molar-refractivity contribution in [1.82, 2.24) is 31.0 Å². The molecule has 5 N–H and O–H groups in total. The molecule has 0 aliphatic carbocycles. The van der Waals surface area contributed by atoms with Gasteiger partial charge in [0.1, 0.15) is 11.2 Å². The minimum absolute atomic E-state index is 0.124. The Labute approximate surface area is 144 Å². The van der Waals surface area contributed by atoms with Gasteiger partial charge >= 0.3 is 0 Å². The van der Waals surface area contributed by atoms with Gasteiger partial charge in [-0.05, 0) is 6.07 Å². The highest BCUT2D eigenvalue weighted by atomic mass is 16.5. The molecule has 0 atom stereocenters. The van der Waals surface area contributed by atoms with Crippen molar-refractivity contribution >= 4 is 28.7 Å². The van der Waals surface area contributed by atoms with Crippen molar-refractivity contribution < 1.29 is 9.53 Å². The number of ether oxygens (including phenoxy) is 1. The first-order valence-corrected chi connectivity index (χ1v) is 8.42. The highest BCUT2D eigenvalue weighted by Gasteiger charge is 2.23. The van der Waals surface area contributed by atoms with Crippen LogP contribution in [0.1, 0.15) is 10.5 Å². The lowest BCUT2D eigenvalue weighted by molar-refractivity contribution is 0.0919. The number of amides is 1. The molecule has 0 bridgehead atoms. The van der Waals surface area contributed by atoms with Gasteiger partial charge in [0.15, 0.2) is 5.82 Å². The lowest BCUT2D eigenvalue weighted by Gasteiger charge is -2.28. The average Bonchev–Trinajstić information content (AvgIpc) is 3.02. The predicted molar refractivity (Wildman–Crippen MR) is 93.7 cm³/mol. The summed E-state index contributed by atoms with van der Waals surface area (Å²) in [6.07, 6.45) is 0. The summed E-state index contributed by atoms with van der Waals surface area (Å²) in [6, 6.07) is 1.95. The molecule has 2 aliphatic heterocycles. The fourth-order valence-electron chi connectivity index (χ4n) is 2.95. The van der Waals surface area contributed by atoms with Crippen LogP contribution in [0.4, 0.5) is 11.8 Å². The maximum Gasteiger partial charge on any atom is 0.268 e. The molecule has 0 spiro atoms. The van der Waals surface area contributed by atoms with Gasteiger partial charge in [-0.3, -0.25) is 10.2 Å². The van der Waals surface area contributed by atoms with Crippen LogP contribution in [0.15, 0.2) is 6.07 Å². The van der Waals surface area contributed by atoms with Crippen molar-refractivity contribution in [2.24, 2.45) is 0 Å². The summed E-state index contributed by atoms with van der Waals surface area (Å²) in [4.78, 5) is 26.8. The van der Waals surface area contributed by atoms with Gasteiger partial charge in [-0.2, -0.15) is 4.98 Å². The Hall–Kier alpha value is -2.43. The van der Waals surface area contributed by atoms with Crippen LogP contribution in [-0.4, -0.2) is 73.3 Å². The fourth-order valence-corrected chi connectivity index (χ4v) is 2.95. The summed E-state index contributed by atoms with van der Waals surface area (Å²) >= 11 is 0. The Kier molecular flexibility index (Phi) is 4.38. The van der Waals surface area contributed by atoms with E-state index >= 15 is 0 Å². The number of H-pyrrole nitrogens is 1. The molecule has 25 heavy (non-hydrogen) atoms. The Bertz CT molecular complexity index is 766. The van der Waals surface area contributed by atoms with E-state index in [0.29, 0.717) is 30.4 Å². The molecular weight excluding hydrogens is 324 g/mol. The zero-order valence-corrected chi connectivity index (χ0v) is 14.1. The van der Waals surface area contributed by atoms with E-state index in [9.17, 15) is 4.79 Å². The normalized spacial score (nSPS) is 18.2. The Morgan fingerprint density at radius 1 is 1.32 bits per heavy atom. The predicted octanol–water partition coefficient (Wildman–Crippen LogP) is -0.958. The summed E-state index contributed by atoms with van der Waals surface area (Å²) in [6.45, 7) is 4.42. The van der Waals surface area contributed by atoms with Gasteiger partial charge in [0, 0.05) is 33.2 Å². The van der Waals surface area contributed by atoms with Gasteiger partial charge in [-0.1, -0.05) is 0 Å². The molecular formula is C15H22N8O2. The molecule has 0 aromatic carbocycles. The molecule has 2 saturated heterocycles. The van der Waals surface area contributed by atoms with Crippen LogP contribution in [-0.2, 0) is 4.74 Å². The molecule has 0 radical (unpaired) electrons. The van der Waals surface area contributed by atoms with Crippen LogP contribution in [0.2, 0.25) is 0 Å². The second-order valence-corrected chi connectivity index (χ2v) is 6.12. The van der Waals surface area contributed by atoms with E-state index in [1.54, 1.807) is 13.1 Å². The van der Waals surface area contributed by atoms with E-state index in [1.807, 2.05) is 0 Å². The number of nitrogens with one attached hydrogen (secondary N) is 5. The minimum Gasteiger partial charge on any atom is -0.378 e. The van der Waals surface area contributed by atoms with E-state index in [1.165, 1.54) is 0 Å². The molecule has 1 amide bonds. The topological polar surface area (TPSA) is 119 Å². The van der Waals surface area contributed by atoms with Crippen molar-refractivity contribution in [3.05, 3.63) is 11.8 Å². The van der Waals surface area contributed by atoms with Gasteiger partial charge in [0.05, 0.1) is 24.8 Å². The number of anilines is 2. The van der Waals surface area contributed by atoms with Gasteiger partial charge in [0.25, 0.3) is 5.91 Å². The van der Waals surface area contributed by atoms with Crippen molar-refractivity contribution in [2.45, 2.75) is 6.04 Å². The molecule has 2 aromatic heterocycles. The maximum absolute atomic E-state index is 12.4. The van der Waals surface area contributed by atoms with Crippen LogP contribution in [0.3, 0.4) is 0 Å². The second kappa shape index (κ2) is 6.82. The quantitative estimate of drug-likeness (QED) is 0.439. The van der Waals surface area contributed by atoms with Crippen LogP contribution in [0.25, 0.3) is 11.0 Å². The zero-order chi connectivity index (χ0) is 17.2. The number of aromatic amines is 1. The van der Waals surface area contributed by atoms with Crippen LogP contribution >= 0.6 is 0 Å². The first-order valence-electron chi connectivity index (χ1n) is 8.42. The fraction of sp³-hybridized carbons (Fsp3) is 0.533. The Balaban J connectivity index is 1.69. The number of carbonyl (C=O) groups excluding carboxylic acids is 1. The second-order valence-electron chi connectivity index (χ2n) is 6.12. The lowest BCUT2D eigenvalue weighted by Crippen LogP contribution is -2.56. The maximum atomic E-state index is 12.4. The summed E-state index contributed by atoms with van der Waals surface area (Å²) in [7, 11) is 1.75. The van der Waals surface area contributed by atoms with Crippen molar-refractivity contribution in [2.75, 3.05) is 56.8 Å². The molecule has 2 aliphatic rings. The first-order chi connectivity index (χ1) is 12.2. The number of morpholine rings is 1. The Morgan fingerprint density at radius 2 is 2.12 bits per heavy atom. The van der Waals surface area contributed by atoms with Crippen LogP contribution in [0, 0.1) is 0 Å². The molecule has 134 valence electrons. The van der Waals surface area contributed by atoms with E-state index in [2.05, 4.69) is 41.3 Å². The molecule has 0 saturated carbocycles. The van der Waals surface area contributed by atoms with Crippen molar-refractivity contribution in [3.8, 4) is 0 Å². The molecule has 2 aromatic rings. The van der Waals surface area contributed by atoms with Crippen molar-refractivity contribution in [3.63, 3.8) is 0 Å². The van der Waals surface area contributed by atoms with Crippen LogP contribution in [0.5, 0.6) is 0 Å². The van der Waals surface area contributed by atoms with Gasteiger partial charge in [-0.15, -0.1) is 0 Å². The van der Waals surface area contributed by atoms with E-state index in [0.717, 1.165) is 37.5 Å². The molecule has 10 nitrogen and oxygen atoms in total. The summed E-state index contributed by atoms with van der Waals surface area (Å²) in [5.41, 5.74) is 7.71. The van der Waals surface area contributed by atoms with E-state index in [-0.39, 0.29) is 11.9 Å². The smallest absolute Gasteiger partial charge is 0.268 e. The average molecular weight is 346 g/mol. The molecule has 4 rings (SSSR count). The summed E-state index contributed by atoms with van der Waals surface area (Å²) in [5, 5.41) is 6.13. The number of nitrogens with zero attached hydrogens (tertiary/aromatic N) is 3. The number of hydrazine groups is 1. The monoisotopic (exact) mass is 346 g/mol. The first kappa shape index (κ1) is 16.1. The summed E-state index contributed by atoms with van der Waals surface area (Å²) < 4.78 is 5.42. The zero-order valence-electron chi connectivity index (χ0n) is 14.1. The van der Waals surface area contributed by atoms with Gasteiger partial charge in [0.2, 0.25) is 5.95 Å². The molecule has 4 heterocycles. The third kappa shape index (κ3) is 3.23. The van der Waals surface area contributed by atoms with Gasteiger partial charge < -0.3 is 25.3 Å². The largest absolute Gasteiger partial charge is 0.378 e.